The van der Waals surface area contributed by atoms with Crippen LogP contribution in [0.25, 0.3) is 0 Å². The van der Waals surface area contributed by atoms with Gasteiger partial charge in [0.2, 0.25) is 0 Å². The van der Waals surface area contributed by atoms with Crippen molar-refractivity contribution in [2.24, 2.45) is 5.92 Å². The molecule has 100 valence electrons. The largest absolute Gasteiger partial charge is 0.494 e. The Morgan fingerprint density at radius 1 is 0.895 bits per heavy atom. The van der Waals surface area contributed by atoms with Gasteiger partial charge in [-0.2, -0.15) is 0 Å². The molecule has 0 aliphatic carbocycles. The van der Waals surface area contributed by atoms with E-state index in [4.69, 9.17) is 4.74 Å². The van der Waals surface area contributed by atoms with Crippen LogP contribution < -0.4 is 4.74 Å². The first-order valence-electron chi connectivity index (χ1n) is 6.71. The van der Waals surface area contributed by atoms with Crippen molar-refractivity contribution in [3.8, 4) is 5.75 Å². The minimum absolute atomic E-state index is 0.201. The average molecular weight is 256 g/mol. The smallest absolute Gasteiger partial charge is 0.119 e. The highest BCUT2D eigenvalue weighted by Gasteiger charge is 2.08. The van der Waals surface area contributed by atoms with Gasteiger partial charge in [0.05, 0.1) is 6.61 Å². The molecule has 0 saturated heterocycles. The Bertz CT molecular complexity index is 453. The average Bonchev–Trinajstić information content (AvgIpc) is 2.48. The maximum absolute atomic E-state index is 9.43. The predicted molar refractivity (Wildman–Crippen MR) is 77.3 cm³/mol. The van der Waals surface area contributed by atoms with Crippen LogP contribution in [-0.4, -0.2) is 18.3 Å². The third-order valence-corrected chi connectivity index (χ3v) is 3.16. The first-order valence-corrected chi connectivity index (χ1v) is 6.71. The zero-order chi connectivity index (χ0) is 13.3. The van der Waals surface area contributed by atoms with Crippen LogP contribution in [0.4, 0.5) is 0 Å². The molecule has 0 aliphatic rings. The van der Waals surface area contributed by atoms with Crippen molar-refractivity contribution < 1.29 is 9.84 Å². The van der Waals surface area contributed by atoms with Gasteiger partial charge in [0.15, 0.2) is 0 Å². The van der Waals surface area contributed by atoms with Crippen molar-refractivity contribution in [3.63, 3.8) is 0 Å². The van der Waals surface area contributed by atoms with Crippen LogP contribution in [0.3, 0.4) is 0 Å². The van der Waals surface area contributed by atoms with Gasteiger partial charge in [0.25, 0.3) is 0 Å². The first kappa shape index (κ1) is 13.6. The molecule has 0 radical (unpaired) electrons. The number of para-hydroxylation sites is 1. The summed E-state index contributed by atoms with van der Waals surface area (Å²) >= 11 is 0. The van der Waals surface area contributed by atoms with Crippen molar-refractivity contribution in [1.82, 2.24) is 0 Å². The number of aliphatic hydroxyl groups is 1. The fourth-order valence-corrected chi connectivity index (χ4v) is 2.07. The highest BCUT2D eigenvalue weighted by atomic mass is 16.5. The Hall–Kier alpha value is -1.80. The molecule has 0 saturated carbocycles. The number of benzene rings is 2. The van der Waals surface area contributed by atoms with Gasteiger partial charge in [0, 0.05) is 6.61 Å². The maximum Gasteiger partial charge on any atom is 0.119 e. The molecule has 0 fully saturated rings. The minimum Gasteiger partial charge on any atom is -0.494 e. The molecule has 0 amide bonds. The standard InChI is InChI=1S/C17H20O2/c18-14-16(13-15-7-3-1-4-8-15)11-12-19-17-9-5-2-6-10-17/h1-10,16,18H,11-14H2. The summed E-state index contributed by atoms with van der Waals surface area (Å²) in [6, 6.07) is 20.1. The molecule has 0 heterocycles. The number of hydrogen-bond acceptors (Lipinski definition) is 2. The van der Waals surface area contributed by atoms with E-state index in [1.807, 2.05) is 48.5 Å². The number of hydrogen-bond donors (Lipinski definition) is 1. The van der Waals surface area contributed by atoms with Gasteiger partial charge < -0.3 is 9.84 Å². The van der Waals surface area contributed by atoms with Gasteiger partial charge in [-0.25, -0.2) is 0 Å². The lowest BCUT2D eigenvalue weighted by molar-refractivity contribution is 0.190. The van der Waals surface area contributed by atoms with Crippen LogP contribution in [0.1, 0.15) is 12.0 Å². The molecule has 1 N–H and O–H groups in total. The fraction of sp³-hybridized carbons (Fsp3) is 0.294. The lowest BCUT2D eigenvalue weighted by Crippen LogP contribution is -2.13. The molecule has 2 rings (SSSR count). The molecule has 1 atom stereocenters. The SMILES string of the molecule is OCC(CCOc1ccccc1)Cc1ccccc1. The Kier molecular flexibility index (Phi) is 5.45. The van der Waals surface area contributed by atoms with Gasteiger partial charge in [-0.1, -0.05) is 48.5 Å². The van der Waals surface area contributed by atoms with Gasteiger partial charge in [-0.15, -0.1) is 0 Å². The van der Waals surface area contributed by atoms with Gasteiger partial charge in [-0.3, -0.25) is 0 Å². The topological polar surface area (TPSA) is 29.5 Å². The number of aliphatic hydroxyl groups excluding tert-OH is 1. The third kappa shape index (κ3) is 4.76. The molecule has 0 aromatic heterocycles. The van der Waals surface area contributed by atoms with E-state index >= 15 is 0 Å². The molecule has 2 aromatic rings. The highest BCUT2D eigenvalue weighted by molar-refractivity contribution is 5.20. The second-order valence-corrected chi connectivity index (χ2v) is 4.69. The molecule has 2 aromatic carbocycles. The molecular weight excluding hydrogens is 236 g/mol. The number of ether oxygens (including phenoxy) is 1. The van der Waals surface area contributed by atoms with Gasteiger partial charge in [0.1, 0.15) is 5.75 Å². The summed E-state index contributed by atoms with van der Waals surface area (Å²) in [5.74, 6) is 1.14. The van der Waals surface area contributed by atoms with E-state index in [1.165, 1.54) is 5.56 Å². The van der Waals surface area contributed by atoms with Crippen molar-refractivity contribution in [3.05, 3.63) is 66.2 Å². The lowest BCUT2D eigenvalue weighted by atomic mass is 9.97. The summed E-state index contributed by atoms with van der Waals surface area (Å²) < 4.78 is 5.66. The van der Waals surface area contributed by atoms with Crippen LogP contribution >= 0.6 is 0 Å². The molecule has 0 bridgehead atoms. The Morgan fingerprint density at radius 2 is 1.53 bits per heavy atom. The summed E-state index contributed by atoms with van der Waals surface area (Å²) in [4.78, 5) is 0. The fourth-order valence-electron chi connectivity index (χ4n) is 2.07. The molecule has 0 aliphatic heterocycles. The van der Waals surface area contributed by atoms with Crippen molar-refractivity contribution in [2.45, 2.75) is 12.8 Å². The molecule has 1 unspecified atom stereocenters. The highest BCUT2D eigenvalue weighted by Crippen LogP contribution is 2.14. The van der Waals surface area contributed by atoms with Gasteiger partial charge in [-0.05, 0) is 36.5 Å². The maximum atomic E-state index is 9.43. The van der Waals surface area contributed by atoms with Crippen molar-refractivity contribution >= 4 is 0 Å². The predicted octanol–water partition coefficient (Wildman–Crippen LogP) is 3.31. The van der Waals surface area contributed by atoms with E-state index in [0.717, 1.165) is 18.6 Å². The van der Waals surface area contributed by atoms with E-state index in [2.05, 4.69) is 12.1 Å². The summed E-state index contributed by atoms with van der Waals surface area (Å²) in [6.07, 6.45) is 1.76. The van der Waals surface area contributed by atoms with Crippen molar-refractivity contribution in [1.29, 1.82) is 0 Å². The normalized spacial score (nSPS) is 12.1. The molecular formula is C17H20O2. The monoisotopic (exact) mass is 256 g/mol. The number of rotatable bonds is 7. The summed E-state index contributed by atoms with van der Waals surface area (Å²) in [7, 11) is 0. The quantitative estimate of drug-likeness (QED) is 0.823. The Morgan fingerprint density at radius 3 is 2.16 bits per heavy atom. The summed E-state index contributed by atoms with van der Waals surface area (Å²) in [5, 5.41) is 9.43. The first-order chi connectivity index (χ1) is 9.38. The zero-order valence-corrected chi connectivity index (χ0v) is 11.0. The van der Waals surface area contributed by atoms with Crippen LogP contribution in [0.2, 0.25) is 0 Å². The Labute approximate surface area is 114 Å². The van der Waals surface area contributed by atoms with Gasteiger partial charge >= 0.3 is 0 Å². The van der Waals surface area contributed by atoms with E-state index < -0.39 is 0 Å². The second kappa shape index (κ2) is 7.59. The molecule has 2 nitrogen and oxygen atoms in total. The van der Waals surface area contributed by atoms with Crippen LogP contribution in [-0.2, 0) is 6.42 Å². The lowest BCUT2D eigenvalue weighted by Gasteiger charge is -2.14. The van der Waals surface area contributed by atoms with E-state index in [9.17, 15) is 5.11 Å². The Balaban J connectivity index is 1.77. The van der Waals surface area contributed by atoms with E-state index in [-0.39, 0.29) is 12.5 Å². The second-order valence-electron chi connectivity index (χ2n) is 4.69. The van der Waals surface area contributed by atoms with Crippen molar-refractivity contribution in [2.75, 3.05) is 13.2 Å². The molecule has 19 heavy (non-hydrogen) atoms. The van der Waals surface area contributed by atoms with Crippen LogP contribution in [0, 0.1) is 5.92 Å². The molecule has 0 spiro atoms. The minimum atomic E-state index is 0.201. The summed E-state index contributed by atoms with van der Waals surface area (Å²) in [6.45, 7) is 0.842. The van der Waals surface area contributed by atoms with E-state index in [1.54, 1.807) is 0 Å². The molecule has 2 heteroatoms. The third-order valence-electron chi connectivity index (χ3n) is 3.16. The summed E-state index contributed by atoms with van der Waals surface area (Å²) in [5.41, 5.74) is 1.27. The van der Waals surface area contributed by atoms with Crippen LogP contribution in [0.5, 0.6) is 5.75 Å². The zero-order valence-electron chi connectivity index (χ0n) is 11.0. The van der Waals surface area contributed by atoms with Crippen LogP contribution in [0.15, 0.2) is 60.7 Å². The van der Waals surface area contributed by atoms with E-state index in [0.29, 0.717) is 6.61 Å².